The van der Waals surface area contributed by atoms with Crippen molar-refractivity contribution in [1.29, 1.82) is 0 Å². The van der Waals surface area contributed by atoms with Crippen molar-refractivity contribution in [1.82, 2.24) is 9.97 Å². The summed E-state index contributed by atoms with van der Waals surface area (Å²) in [6.45, 7) is 2.84. The zero-order valence-corrected chi connectivity index (χ0v) is 19.1. The first-order chi connectivity index (χ1) is 14.7. The summed E-state index contributed by atoms with van der Waals surface area (Å²) in [4.78, 5) is 31.4. The second-order valence-electron chi connectivity index (χ2n) is 6.85. The van der Waals surface area contributed by atoms with Crippen LogP contribution in [0.3, 0.4) is 0 Å². The van der Waals surface area contributed by atoms with Crippen molar-refractivity contribution in [2.45, 2.75) is 26.7 Å². The average molecular weight is 478 g/mol. The van der Waals surface area contributed by atoms with Gasteiger partial charge in [-0.3, -0.25) is 14.9 Å². The zero-order valence-electron chi connectivity index (χ0n) is 16.8. The summed E-state index contributed by atoms with van der Waals surface area (Å²) in [5, 5.41) is 6.34. The first-order valence-electron chi connectivity index (χ1n) is 9.39. The molecule has 2 amide bonds. The molecule has 0 saturated carbocycles. The molecule has 0 fully saturated rings. The Morgan fingerprint density at radius 1 is 0.839 bits per heavy atom. The molecule has 6 nitrogen and oxygen atoms in total. The number of amides is 2. The maximum absolute atomic E-state index is 11.5. The first-order valence-corrected chi connectivity index (χ1v) is 10.5. The highest BCUT2D eigenvalue weighted by Gasteiger charge is 2.17. The Bertz CT molecular complexity index is 1130. The minimum atomic E-state index is -0.294. The van der Waals surface area contributed by atoms with E-state index in [0.29, 0.717) is 34.1 Å². The van der Waals surface area contributed by atoms with Gasteiger partial charge in [0.2, 0.25) is 17.8 Å². The molecule has 2 N–H and O–H groups in total. The van der Waals surface area contributed by atoms with E-state index in [2.05, 4.69) is 20.6 Å². The lowest BCUT2D eigenvalue weighted by atomic mass is 10.0. The average Bonchev–Trinajstić information content (AvgIpc) is 2.68. The van der Waals surface area contributed by atoms with Crippen molar-refractivity contribution in [3.05, 3.63) is 68.9 Å². The van der Waals surface area contributed by atoms with Gasteiger partial charge >= 0.3 is 0 Å². The third-order valence-electron chi connectivity index (χ3n) is 4.36. The number of aryl methyl sites for hydroxylation is 2. The predicted molar refractivity (Wildman–Crippen MR) is 125 cm³/mol. The number of carbonyl (C=O) groups is 2. The molecule has 0 aliphatic rings. The lowest BCUT2D eigenvalue weighted by molar-refractivity contribution is -0.115. The summed E-state index contributed by atoms with van der Waals surface area (Å²) < 4.78 is 0. The van der Waals surface area contributed by atoms with Crippen LogP contribution >= 0.6 is 34.8 Å². The molecule has 0 aliphatic heterocycles. The monoisotopic (exact) mass is 476 g/mol. The highest BCUT2D eigenvalue weighted by Crippen LogP contribution is 2.35. The van der Waals surface area contributed by atoms with Gasteiger partial charge in [0.25, 0.3) is 0 Å². The van der Waals surface area contributed by atoms with Gasteiger partial charge in [-0.05, 0) is 48.2 Å². The van der Waals surface area contributed by atoms with Crippen molar-refractivity contribution in [3.63, 3.8) is 0 Å². The van der Waals surface area contributed by atoms with E-state index in [9.17, 15) is 9.59 Å². The fourth-order valence-corrected chi connectivity index (χ4v) is 3.63. The molecule has 0 spiro atoms. The molecule has 0 bridgehead atoms. The largest absolute Gasteiger partial charge is 0.326 e. The first kappa shape index (κ1) is 23.0. The summed E-state index contributed by atoms with van der Waals surface area (Å²) in [5.41, 5.74) is 3.79. The van der Waals surface area contributed by atoms with Crippen LogP contribution in [0.5, 0.6) is 0 Å². The standard InChI is InChI=1S/C22H19Cl3N4O2/c1-12(30)26-16-7-3-14(4-8-16)5-10-19-20(15-6-9-17(23)18(24)11-15)21(25)29-22(28-19)27-13(2)31/h3-4,6-9,11H,5,10H2,1-2H3,(H,26,30)(H,27,28,29,31). The molecule has 3 aromatic rings. The number of halogens is 3. The number of aromatic nitrogens is 2. The molecule has 0 aliphatic carbocycles. The van der Waals surface area contributed by atoms with Crippen LogP contribution in [-0.2, 0) is 22.4 Å². The Hall–Kier alpha value is -2.67. The van der Waals surface area contributed by atoms with Crippen molar-refractivity contribution < 1.29 is 9.59 Å². The van der Waals surface area contributed by atoms with E-state index in [1.54, 1.807) is 18.2 Å². The van der Waals surface area contributed by atoms with E-state index in [1.807, 2.05) is 24.3 Å². The minimum Gasteiger partial charge on any atom is -0.326 e. The number of carbonyl (C=O) groups excluding carboxylic acids is 2. The van der Waals surface area contributed by atoms with Crippen LogP contribution in [0, 0.1) is 0 Å². The molecule has 1 aromatic heterocycles. The fourth-order valence-electron chi connectivity index (χ4n) is 3.03. The van der Waals surface area contributed by atoms with Crippen LogP contribution in [0.4, 0.5) is 11.6 Å². The Labute approximate surface area is 195 Å². The molecule has 2 aromatic carbocycles. The van der Waals surface area contributed by atoms with Crippen LogP contribution in [0.15, 0.2) is 42.5 Å². The second kappa shape index (κ2) is 10.1. The van der Waals surface area contributed by atoms with Crippen molar-refractivity contribution in [3.8, 4) is 11.1 Å². The van der Waals surface area contributed by atoms with Crippen LogP contribution < -0.4 is 10.6 Å². The number of anilines is 2. The molecular weight excluding hydrogens is 459 g/mol. The number of nitrogens with one attached hydrogen (secondary N) is 2. The molecule has 0 saturated heterocycles. The van der Waals surface area contributed by atoms with Crippen LogP contribution in [-0.4, -0.2) is 21.8 Å². The van der Waals surface area contributed by atoms with Gasteiger partial charge in [0.05, 0.1) is 15.7 Å². The van der Waals surface area contributed by atoms with Gasteiger partial charge in [-0.2, -0.15) is 0 Å². The molecule has 3 rings (SSSR count). The Balaban J connectivity index is 1.93. The van der Waals surface area contributed by atoms with E-state index in [4.69, 9.17) is 34.8 Å². The van der Waals surface area contributed by atoms with E-state index >= 15 is 0 Å². The van der Waals surface area contributed by atoms with Gasteiger partial charge < -0.3 is 5.32 Å². The maximum atomic E-state index is 11.5. The smallest absolute Gasteiger partial charge is 0.231 e. The Morgan fingerprint density at radius 3 is 2.13 bits per heavy atom. The summed E-state index contributed by atoms with van der Waals surface area (Å²) in [6, 6.07) is 12.7. The number of hydrogen-bond acceptors (Lipinski definition) is 4. The van der Waals surface area contributed by atoms with Crippen molar-refractivity contribution in [2.24, 2.45) is 0 Å². The number of hydrogen-bond donors (Lipinski definition) is 2. The Morgan fingerprint density at radius 2 is 1.52 bits per heavy atom. The highest BCUT2D eigenvalue weighted by molar-refractivity contribution is 6.42. The van der Waals surface area contributed by atoms with Gasteiger partial charge in [-0.25, -0.2) is 9.97 Å². The van der Waals surface area contributed by atoms with E-state index in [0.717, 1.165) is 16.8 Å². The number of benzene rings is 2. The molecule has 0 radical (unpaired) electrons. The molecule has 0 unspecified atom stereocenters. The summed E-state index contributed by atoms with van der Waals surface area (Å²) in [6.07, 6.45) is 1.19. The van der Waals surface area contributed by atoms with E-state index in [1.165, 1.54) is 13.8 Å². The molecule has 0 atom stereocenters. The normalized spacial score (nSPS) is 10.6. The van der Waals surface area contributed by atoms with Crippen molar-refractivity contribution in [2.75, 3.05) is 10.6 Å². The van der Waals surface area contributed by atoms with E-state index in [-0.39, 0.29) is 22.9 Å². The summed E-state index contributed by atoms with van der Waals surface area (Å²) in [5.74, 6) is -0.282. The maximum Gasteiger partial charge on any atom is 0.231 e. The number of rotatable bonds is 6. The summed E-state index contributed by atoms with van der Waals surface area (Å²) in [7, 11) is 0. The molecule has 1 heterocycles. The third-order valence-corrected chi connectivity index (χ3v) is 5.37. The fraction of sp³-hybridized carbons (Fsp3) is 0.182. The number of nitrogens with zero attached hydrogens (tertiary/aromatic N) is 2. The second-order valence-corrected chi connectivity index (χ2v) is 8.02. The van der Waals surface area contributed by atoms with Crippen LogP contribution in [0.2, 0.25) is 15.2 Å². The van der Waals surface area contributed by atoms with Gasteiger partial charge in [0, 0.05) is 25.1 Å². The lowest BCUT2D eigenvalue weighted by Gasteiger charge is -2.14. The summed E-state index contributed by atoms with van der Waals surface area (Å²) >= 11 is 18.7. The SMILES string of the molecule is CC(=O)Nc1ccc(CCc2nc(NC(C)=O)nc(Cl)c2-c2ccc(Cl)c(Cl)c2)cc1. The van der Waals surface area contributed by atoms with Crippen LogP contribution in [0.25, 0.3) is 11.1 Å². The molecular formula is C22H19Cl3N4O2. The highest BCUT2D eigenvalue weighted by atomic mass is 35.5. The molecule has 31 heavy (non-hydrogen) atoms. The van der Waals surface area contributed by atoms with E-state index < -0.39 is 0 Å². The third kappa shape index (κ3) is 6.17. The minimum absolute atomic E-state index is 0.125. The predicted octanol–water partition coefficient (Wildman–Crippen LogP) is 5.81. The lowest BCUT2D eigenvalue weighted by Crippen LogP contribution is -2.12. The molecule has 9 heteroatoms. The van der Waals surface area contributed by atoms with Crippen LogP contribution in [0.1, 0.15) is 25.1 Å². The topological polar surface area (TPSA) is 84.0 Å². The van der Waals surface area contributed by atoms with Gasteiger partial charge in [-0.15, -0.1) is 0 Å². The van der Waals surface area contributed by atoms with Gasteiger partial charge in [-0.1, -0.05) is 53.0 Å². The zero-order chi connectivity index (χ0) is 22.5. The Kier molecular flexibility index (Phi) is 7.49. The van der Waals surface area contributed by atoms with Gasteiger partial charge in [0.15, 0.2) is 0 Å². The quantitative estimate of drug-likeness (QED) is 0.439. The van der Waals surface area contributed by atoms with Crippen molar-refractivity contribution >= 4 is 58.3 Å². The molecule has 160 valence electrons. The van der Waals surface area contributed by atoms with Gasteiger partial charge in [0.1, 0.15) is 5.15 Å².